The maximum atomic E-state index is 13.3. The standard InChI is InChI=1S/C30H30FNO4/c1-19(2)18-36-25-14-11-23(17-20(25)3)28(33)26-27(22-7-5-4-6-8-22)32(30(35)29(26)34)16-15-21-9-12-24(31)13-10-21/h4-14,17,19,27,33H,15-16,18H2,1-3H3/b28-26-. The van der Waals surface area contributed by atoms with Gasteiger partial charge in [-0.15, -0.1) is 0 Å². The van der Waals surface area contributed by atoms with Crippen LogP contribution in [-0.4, -0.2) is 34.8 Å². The van der Waals surface area contributed by atoms with Crippen molar-refractivity contribution in [3.63, 3.8) is 0 Å². The van der Waals surface area contributed by atoms with Crippen molar-refractivity contribution in [1.29, 1.82) is 0 Å². The van der Waals surface area contributed by atoms with Crippen LogP contribution in [0, 0.1) is 18.7 Å². The summed E-state index contributed by atoms with van der Waals surface area (Å²) in [4.78, 5) is 27.8. The SMILES string of the molecule is Cc1cc(/C(O)=C2/C(=O)C(=O)N(CCc3ccc(F)cc3)C2c2ccccc2)ccc1OCC(C)C. The lowest BCUT2D eigenvalue weighted by atomic mass is 9.94. The van der Waals surface area contributed by atoms with Gasteiger partial charge in [0.1, 0.15) is 17.3 Å². The molecule has 3 aromatic rings. The zero-order valence-electron chi connectivity index (χ0n) is 20.7. The molecule has 3 aromatic carbocycles. The van der Waals surface area contributed by atoms with Crippen molar-refractivity contribution in [3.05, 3.63) is 106 Å². The molecule has 186 valence electrons. The number of amides is 1. The molecule has 1 N–H and O–H groups in total. The van der Waals surface area contributed by atoms with Crippen LogP contribution in [0.2, 0.25) is 0 Å². The van der Waals surface area contributed by atoms with Gasteiger partial charge in [0.05, 0.1) is 18.2 Å². The molecule has 1 amide bonds. The van der Waals surface area contributed by atoms with Gasteiger partial charge in [-0.3, -0.25) is 9.59 Å². The first kappa shape index (κ1) is 25.2. The summed E-state index contributed by atoms with van der Waals surface area (Å²) < 4.78 is 19.1. The Morgan fingerprint density at radius 3 is 2.36 bits per heavy atom. The fourth-order valence-electron chi connectivity index (χ4n) is 4.36. The van der Waals surface area contributed by atoms with Gasteiger partial charge in [0.25, 0.3) is 11.7 Å². The van der Waals surface area contributed by atoms with E-state index >= 15 is 0 Å². The minimum absolute atomic E-state index is 0.0561. The van der Waals surface area contributed by atoms with Gasteiger partial charge in [0.2, 0.25) is 0 Å². The summed E-state index contributed by atoms with van der Waals surface area (Å²) >= 11 is 0. The number of aliphatic hydroxyl groups excluding tert-OH is 1. The first-order chi connectivity index (χ1) is 17.3. The van der Waals surface area contributed by atoms with Crippen LogP contribution in [-0.2, 0) is 16.0 Å². The highest BCUT2D eigenvalue weighted by atomic mass is 19.1. The predicted molar refractivity (Wildman–Crippen MR) is 137 cm³/mol. The Morgan fingerprint density at radius 1 is 1.03 bits per heavy atom. The molecule has 6 heteroatoms. The molecular formula is C30H30FNO4. The Balaban J connectivity index is 1.71. The number of ketones is 1. The predicted octanol–water partition coefficient (Wildman–Crippen LogP) is 5.83. The molecule has 1 aliphatic rings. The van der Waals surface area contributed by atoms with E-state index in [0.717, 1.165) is 16.7 Å². The van der Waals surface area contributed by atoms with Crippen molar-refractivity contribution in [2.24, 2.45) is 5.92 Å². The van der Waals surface area contributed by atoms with Gasteiger partial charge in [-0.1, -0.05) is 56.3 Å². The second-order valence-electron chi connectivity index (χ2n) is 9.46. The number of benzene rings is 3. The summed E-state index contributed by atoms with van der Waals surface area (Å²) in [5.74, 6) is -0.863. The van der Waals surface area contributed by atoms with E-state index in [0.29, 0.717) is 30.3 Å². The third-order valence-electron chi connectivity index (χ3n) is 6.23. The van der Waals surface area contributed by atoms with Crippen LogP contribution in [0.3, 0.4) is 0 Å². The molecule has 0 saturated carbocycles. The molecule has 0 radical (unpaired) electrons. The smallest absolute Gasteiger partial charge is 0.295 e. The molecule has 36 heavy (non-hydrogen) atoms. The number of carbonyl (C=O) groups excluding carboxylic acids is 2. The molecule has 1 saturated heterocycles. The number of hydrogen-bond donors (Lipinski definition) is 1. The highest BCUT2D eigenvalue weighted by molar-refractivity contribution is 6.46. The highest BCUT2D eigenvalue weighted by Crippen LogP contribution is 2.39. The van der Waals surface area contributed by atoms with Crippen LogP contribution in [0.1, 0.15) is 42.1 Å². The fraction of sp³-hybridized carbons (Fsp3) is 0.267. The molecule has 0 aromatic heterocycles. The van der Waals surface area contributed by atoms with E-state index in [4.69, 9.17) is 4.74 Å². The molecule has 1 fully saturated rings. The van der Waals surface area contributed by atoms with E-state index < -0.39 is 17.7 Å². The van der Waals surface area contributed by atoms with Gasteiger partial charge in [0, 0.05) is 12.1 Å². The summed E-state index contributed by atoms with van der Waals surface area (Å²) in [6.07, 6.45) is 0.442. The number of aliphatic hydroxyl groups is 1. The van der Waals surface area contributed by atoms with Crippen LogP contribution in [0.15, 0.2) is 78.4 Å². The van der Waals surface area contributed by atoms with Crippen LogP contribution in [0.5, 0.6) is 5.75 Å². The molecule has 0 bridgehead atoms. The molecule has 5 nitrogen and oxygen atoms in total. The summed E-state index contributed by atoms with van der Waals surface area (Å²) in [6.45, 7) is 6.82. The number of Topliss-reactive ketones (excluding diaryl/α,β-unsaturated/α-hetero) is 1. The zero-order chi connectivity index (χ0) is 25.8. The summed E-state index contributed by atoms with van der Waals surface area (Å²) in [7, 11) is 0. The van der Waals surface area contributed by atoms with Crippen LogP contribution >= 0.6 is 0 Å². The van der Waals surface area contributed by atoms with E-state index in [9.17, 15) is 19.1 Å². The Hall–Kier alpha value is -3.93. The molecule has 0 spiro atoms. The first-order valence-corrected chi connectivity index (χ1v) is 12.1. The van der Waals surface area contributed by atoms with Crippen LogP contribution in [0.25, 0.3) is 5.76 Å². The third kappa shape index (κ3) is 5.33. The van der Waals surface area contributed by atoms with Crippen molar-refractivity contribution < 1.29 is 23.8 Å². The second-order valence-corrected chi connectivity index (χ2v) is 9.46. The fourth-order valence-corrected chi connectivity index (χ4v) is 4.36. The van der Waals surface area contributed by atoms with Gasteiger partial charge in [-0.25, -0.2) is 4.39 Å². The Morgan fingerprint density at radius 2 is 1.72 bits per heavy atom. The average molecular weight is 488 g/mol. The topological polar surface area (TPSA) is 66.8 Å². The molecule has 0 aliphatic carbocycles. The molecule has 1 aliphatic heterocycles. The second kappa shape index (κ2) is 10.8. The van der Waals surface area contributed by atoms with Gasteiger partial charge in [-0.2, -0.15) is 0 Å². The van der Waals surface area contributed by atoms with Crippen molar-refractivity contribution in [2.45, 2.75) is 33.2 Å². The molecule has 1 atom stereocenters. The van der Waals surface area contributed by atoms with E-state index in [1.165, 1.54) is 17.0 Å². The van der Waals surface area contributed by atoms with Crippen molar-refractivity contribution in [2.75, 3.05) is 13.2 Å². The largest absolute Gasteiger partial charge is 0.507 e. The molecular weight excluding hydrogens is 457 g/mol. The molecule has 1 unspecified atom stereocenters. The minimum atomic E-state index is -0.733. The van der Waals surface area contributed by atoms with Gasteiger partial charge < -0.3 is 14.7 Å². The number of rotatable bonds is 8. The highest BCUT2D eigenvalue weighted by Gasteiger charge is 2.45. The summed E-state index contributed by atoms with van der Waals surface area (Å²) in [6, 6.07) is 19.8. The van der Waals surface area contributed by atoms with E-state index in [-0.39, 0.29) is 23.7 Å². The van der Waals surface area contributed by atoms with Gasteiger partial charge in [0.15, 0.2) is 0 Å². The van der Waals surface area contributed by atoms with Crippen LogP contribution < -0.4 is 4.74 Å². The average Bonchev–Trinajstić information content (AvgIpc) is 3.12. The Kier molecular flexibility index (Phi) is 7.53. The quantitative estimate of drug-likeness (QED) is 0.247. The van der Waals surface area contributed by atoms with E-state index in [1.807, 2.05) is 37.3 Å². The zero-order valence-corrected chi connectivity index (χ0v) is 20.7. The number of halogens is 1. The first-order valence-electron chi connectivity index (χ1n) is 12.1. The Bertz CT molecular complexity index is 1280. The molecule has 1 heterocycles. The lowest BCUT2D eigenvalue weighted by Crippen LogP contribution is -2.31. The van der Waals surface area contributed by atoms with E-state index in [1.54, 1.807) is 30.3 Å². The van der Waals surface area contributed by atoms with Gasteiger partial charge >= 0.3 is 0 Å². The Labute approximate surface area is 210 Å². The monoisotopic (exact) mass is 487 g/mol. The van der Waals surface area contributed by atoms with Crippen molar-refractivity contribution in [1.82, 2.24) is 4.90 Å². The number of likely N-dealkylation sites (tertiary alicyclic amines) is 1. The van der Waals surface area contributed by atoms with Crippen molar-refractivity contribution >= 4 is 17.4 Å². The summed E-state index contributed by atoms with van der Waals surface area (Å²) in [5, 5.41) is 11.3. The number of carbonyl (C=O) groups is 2. The maximum absolute atomic E-state index is 13.3. The van der Waals surface area contributed by atoms with Crippen LogP contribution in [0.4, 0.5) is 4.39 Å². The number of aryl methyl sites for hydroxylation is 1. The lowest BCUT2D eigenvalue weighted by Gasteiger charge is -2.25. The number of ether oxygens (including phenoxy) is 1. The normalized spacial score (nSPS) is 17.1. The third-order valence-corrected chi connectivity index (χ3v) is 6.23. The van der Waals surface area contributed by atoms with E-state index in [2.05, 4.69) is 13.8 Å². The summed E-state index contributed by atoms with van der Waals surface area (Å²) in [5.41, 5.74) is 2.90. The minimum Gasteiger partial charge on any atom is -0.507 e. The van der Waals surface area contributed by atoms with Crippen molar-refractivity contribution in [3.8, 4) is 5.75 Å². The lowest BCUT2D eigenvalue weighted by molar-refractivity contribution is -0.139. The number of hydrogen-bond acceptors (Lipinski definition) is 4. The molecule has 4 rings (SSSR count). The van der Waals surface area contributed by atoms with Gasteiger partial charge in [-0.05, 0) is 66.3 Å². The number of nitrogens with zero attached hydrogens (tertiary/aromatic N) is 1. The maximum Gasteiger partial charge on any atom is 0.295 e.